The Kier molecular flexibility index (Phi) is 8.52. The van der Waals surface area contributed by atoms with Gasteiger partial charge >= 0.3 is 0 Å². The summed E-state index contributed by atoms with van der Waals surface area (Å²) in [6.07, 6.45) is 2.94. The Hall–Kier alpha value is -4.00. The quantitative estimate of drug-likeness (QED) is 0.374. The first-order chi connectivity index (χ1) is 19.7. The number of hydrogen-bond acceptors (Lipinski definition) is 4. The Balaban J connectivity index is 1.41. The first-order valence-corrected chi connectivity index (χ1v) is 14.5. The van der Waals surface area contributed by atoms with Crippen molar-refractivity contribution in [1.29, 1.82) is 0 Å². The number of nitrogens with one attached hydrogen (secondary N) is 1. The molecule has 214 valence electrons. The highest BCUT2D eigenvalue weighted by molar-refractivity contribution is 5.83. The number of pyridine rings is 1. The molecule has 5 atom stereocenters. The van der Waals surface area contributed by atoms with Gasteiger partial charge < -0.3 is 15.1 Å². The third-order valence-electron chi connectivity index (χ3n) is 8.48. The molecule has 2 aromatic carbocycles. The molecule has 2 fully saturated rings. The van der Waals surface area contributed by atoms with E-state index >= 15 is 4.39 Å². The zero-order chi connectivity index (χ0) is 29.1. The molecule has 2 aliphatic heterocycles. The third-order valence-corrected chi connectivity index (χ3v) is 8.48. The van der Waals surface area contributed by atoms with Crippen molar-refractivity contribution in [3.63, 3.8) is 0 Å². The molecule has 2 amide bonds. The molecular formula is C34H39FN4O2. The SMILES string of the molecule is C=C(N[C@@H](c1ccccc1)c1ccc(C(C)C)cc1)[C@@H]1C[C@@H](F)CN1C(=O)[C@@H]1CCN(C(C)=O)[C@H]1c1cccnc1. The molecule has 0 aliphatic carbocycles. The van der Waals surface area contributed by atoms with Crippen LogP contribution in [0.2, 0.25) is 0 Å². The maximum atomic E-state index is 15.0. The van der Waals surface area contributed by atoms with Crippen molar-refractivity contribution in [3.05, 3.63) is 114 Å². The summed E-state index contributed by atoms with van der Waals surface area (Å²) in [6, 6.07) is 21.2. The van der Waals surface area contributed by atoms with E-state index in [4.69, 9.17) is 0 Å². The predicted octanol–water partition coefficient (Wildman–Crippen LogP) is 5.95. The first-order valence-electron chi connectivity index (χ1n) is 14.5. The number of rotatable bonds is 8. The summed E-state index contributed by atoms with van der Waals surface area (Å²) in [5.41, 5.74) is 4.81. The summed E-state index contributed by atoms with van der Waals surface area (Å²) in [6.45, 7) is 10.7. The van der Waals surface area contributed by atoms with Crippen molar-refractivity contribution in [1.82, 2.24) is 20.1 Å². The minimum absolute atomic E-state index is 0.0135. The van der Waals surface area contributed by atoms with Gasteiger partial charge in [-0.25, -0.2) is 4.39 Å². The van der Waals surface area contributed by atoms with Gasteiger partial charge in [0.15, 0.2) is 0 Å². The van der Waals surface area contributed by atoms with Crippen LogP contribution in [-0.4, -0.2) is 51.9 Å². The summed E-state index contributed by atoms with van der Waals surface area (Å²) in [5.74, 6) is -0.284. The van der Waals surface area contributed by atoms with E-state index in [1.54, 1.807) is 22.2 Å². The molecule has 1 N–H and O–H groups in total. The maximum absolute atomic E-state index is 15.0. The Morgan fingerprint density at radius 2 is 1.66 bits per heavy atom. The molecule has 0 unspecified atom stereocenters. The highest BCUT2D eigenvalue weighted by atomic mass is 19.1. The summed E-state index contributed by atoms with van der Waals surface area (Å²) in [4.78, 5) is 34.2. The van der Waals surface area contributed by atoms with Crippen molar-refractivity contribution in [2.24, 2.45) is 5.92 Å². The van der Waals surface area contributed by atoms with E-state index in [1.807, 2.05) is 30.3 Å². The van der Waals surface area contributed by atoms with Crippen molar-refractivity contribution >= 4 is 11.8 Å². The Morgan fingerprint density at radius 3 is 2.29 bits per heavy atom. The Labute approximate surface area is 242 Å². The van der Waals surface area contributed by atoms with Crippen LogP contribution in [0.4, 0.5) is 4.39 Å². The topological polar surface area (TPSA) is 65.5 Å². The van der Waals surface area contributed by atoms with Crippen molar-refractivity contribution in [3.8, 4) is 0 Å². The Morgan fingerprint density at radius 1 is 0.976 bits per heavy atom. The molecule has 6 nitrogen and oxygen atoms in total. The van der Waals surface area contributed by atoms with E-state index < -0.39 is 24.2 Å². The van der Waals surface area contributed by atoms with E-state index in [-0.39, 0.29) is 30.8 Å². The zero-order valence-electron chi connectivity index (χ0n) is 24.0. The van der Waals surface area contributed by atoms with E-state index in [9.17, 15) is 9.59 Å². The minimum atomic E-state index is -1.15. The fraction of sp³-hybridized carbons (Fsp3) is 0.382. The molecule has 0 bridgehead atoms. The van der Waals surface area contributed by atoms with Gasteiger partial charge in [0.2, 0.25) is 11.8 Å². The van der Waals surface area contributed by atoms with Crippen LogP contribution in [0.15, 0.2) is 91.4 Å². The molecular weight excluding hydrogens is 515 g/mol. The van der Waals surface area contributed by atoms with Gasteiger partial charge in [-0.2, -0.15) is 0 Å². The molecule has 7 heteroatoms. The molecule has 0 saturated carbocycles. The lowest BCUT2D eigenvalue weighted by Crippen LogP contribution is -2.45. The van der Waals surface area contributed by atoms with Crippen LogP contribution < -0.4 is 5.32 Å². The van der Waals surface area contributed by atoms with Gasteiger partial charge in [-0.15, -0.1) is 0 Å². The lowest BCUT2D eigenvalue weighted by atomic mass is 9.92. The van der Waals surface area contributed by atoms with Crippen LogP contribution in [0.1, 0.15) is 73.9 Å². The molecule has 41 heavy (non-hydrogen) atoms. The molecule has 2 aliphatic rings. The second-order valence-electron chi connectivity index (χ2n) is 11.5. The lowest BCUT2D eigenvalue weighted by molar-refractivity contribution is -0.138. The summed E-state index contributed by atoms with van der Waals surface area (Å²) in [5, 5.41) is 3.58. The molecule has 3 aromatic rings. The monoisotopic (exact) mass is 554 g/mol. The zero-order valence-corrected chi connectivity index (χ0v) is 24.0. The average molecular weight is 555 g/mol. The van der Waals surface area contributed by atoms with Crippen LogP contribution in [0, 0.1) is 5.92 Å². The van der Waals surface area contributed by atoms with Gasteiger partial charge in [-0.05, 0) is 40.7 Å². The number of amides is 2. The van der Waals surface area contributed by atoms with Crippen LogP contribution >= 0.6 is 0 Å². The number of likely N-dealkylation sites (tertiary alicyclic amines) is 2. The lowest BCUT2D eigenvalue weighted by Gasteiger charge is -2.34. The number of hydrogen-bond donors (Lipinski definition) is 1. The molecule has 1 aromatic heterocycles. The fourth-order valence-corrected chi connectivity index (χ4v) is 6.30. The van der Waals surface area contributed by atoms with Gasteiger partial charge in [-0.3, -0.25) is 14.6 Å². The van der Waals surface area contributed by atoms with E-state index in [0.717, 1.165) is 16.7 Å². The summed E-state index contributed by atoms with van der Waals surface area (Å²) >= 11 is 0. The third kappa shape index (κ3) is 6.04. The van der Waals surface area contributed by atoms with E-state index in [1.165, 1.54) is 12.5 Å². The highest BCUT2D eigenvalue weighted by Crippen LogP contribution is 2.40. The molecule has 0 radical (unpaired) electrons. The van der Waals surface area contributed by atoms with Crippen LogP contribution in [0.5, 0.6) is 0 Å². The second-order valence-corrected chi connectivity index (χ2v) is 11.5. The number of alkyl halides is 1. The summed E-state index contributed by atoms with van der Waals surface area (Å²) < 4.78 is 15.0. The highest BCUT2D eigenvalue weighted by Gasteiger charge is 2.47. The van der Waals surface area contributed by atoms with Gasteiger partial charge in [0.05, 0.1) is 30.6 Å². The van der Waals surface area contributed by atoms with Crippen molar-refractivity contribution < 1.29 is 14.0 Å². The van der Waals surface area contributed by atoms with Gasteiger partial charge in [0, 0.05) is 38.0 Å². The second kappa shape index (κ2) is 12.2. The molecule has 5 rings (SSSR count). The molecule has 3 heterocycles. The van der Waals surface area contributed by atoms with Gasteiger partial charge in [0.25, 0.3) is 0 Å². The predicted molar refractivity (Wildman–Crippen MR) is 159 cm³/mol. The molecule has 2 saturated heterocycles. The number of carbonyl (C=O) groups excluding carboxylic acids is 2. The number of nitrogens with zero attached hydrogens (tertiary/aromatic N) is 3. The maximum Gasteiger partial charge on any atom is 0.228 e. The van der Waals surface area contributed by atoms with Crippen molar-refractivity contribution in [2.45, 2.75) is 63.8 Å². The average Bonchev–Trinajstić information content (AvgIpc) is 3.61. The van der Waals surface area contributed by atoms with Crippen LogP contribution in [0.3, 0.4) is 0 Å². The van der Waals surface area contributed by atoms with Crippen LogP contribution in [-0.2, 0) is 9.59 Å². The number of halogens is 1. The molecule has 0 spiro atoms. The first kappa shape index (κ1) is 28.5. The number of carbonyl (C=O) groups is 2. The van der Waals surface area contributed by atoms with E-state index in [2.05, 4.69) is 67.1 Å². The largest absolute Gasteiger partial charge is 0.376 e. The van der Waals surface area contributed by atoms with Crippen molar-refractivity contribution in [2.75, 3.05) is 13.1 Å². The summed E-state index contributed by atoms with van der Waals surface area (Å²) in [7, 11) is 0. The minimum Gasteiger partial charge on any atom is -0.376 e. The van der Waals surface area contributed by atoms with Gasteiger partial charge in [0.1, 0.15) is 6.17 Å². The van der Waals surface area contributed by atoms with Gasteiger partial charge in [-0.1, -0.05) is 81.1 Å². The normalized spacial score (nSPS) is 23.0. The number of aromatic nitrogens is 1. The smallest absolute Gasteiger partial charge is 0.228 e. The van der Waals surface area contributed by atoms with Crippen LogP contribution in [0.25, 0.3) is 0 Å². The Bertz CT molecular complexity index is 1360. The fourth-order valence-electron chi connectivity index (χ4n) is 6.30. The number of benzene rings is 2. The van der Waals surface area contributed by atoms with E-state index in [0.29, 0.717) is 24.6 Å². The standard InChI is InChI=1S/C34H39FN4O2/c1-22(2)25-12-14-27(15-13-25)32(26-9-6-5-7-10-26)37-23(3)31-19-29(35)21-39(31)34(41)30-16-18-38(24(4)40)33(30)28-11-8-17-36-20-28/h5-15,17,20,22,29-33,37H,3,16,18-19,21H2,1-2,4H3/t29-,30-,31+,32+,33+/m1/s1.